The summed E-state index contributed by atoms with van der Waals surface area (Å²) in [5.41, 5.74) is 11.8. The van der Waals surface area contributed by atoms with E-state index in [4.69, 9.17) is 11.5 Å². The maximum Gasteiger partial charge on any atom is 0.244 e. The molecule has 116 valence electrons. The number of benzene rings is 1. The largest absolute Gasteiger partial charge is 0.370 e. The molecule has 1 saturated heterocycles. The molecular weight excluding hydrogens is 379 g/mol. The average molecular weight is 402 g/mol. The van der Waals surface area contributed by atoms with Crippen molar-refractivity contribution in [3.05, 3.63) is 35.9 Å². The first-order valence-electron chi connectivity index (χ1n) is 7.02. The van der Waals surface area contributed by atoms with E-state index in [1.54, 1.807) is 0 Å². The van der Waals surface area contributed by atoms with Crippen molar-refractivity contribution in [3.63, 3.8) is 0 Å². The van der Waals surface area contributed by atoms with Gasteiger partial charge in [0.2, 0.25) is 5.91 Å². The fourth-order valence-corrected chi connectivity index (χ4v) is 2.59. The van der Waals surface area contributed by atoms with Crippen LogP contribution in [0.25, 0.3) is 0 Å². The number of aliphatic imine (C=N–C) groups is 1. The standard InChI is InChI=1S/C15H22N4O.HI/c16-15(17)18-11-14(20)19-8-6-13(7-9-19)10-12-4-2-1-3-5-12;/h1-5,13H,6-11H2,(H4,16,17,18);1H. The van der Waals surface area contributed by atoms with Gasteiger partial charge in [-0.1, -0.05) is 30.3 Å². The molecule has 1 aromatic carbocycles. The number of carbonyl (C=O) groups excluding carboxylic acids is 1. The summed E-state index contributed by atoms with van der Waals surface area (Å²) in [4.78, 5) is 17.5. The van der Waals surface area contributed by atoms with Gasteiger partial charge in [0.05, 0.1) is 0 Å². The van der Waals surface area contributed by atoms with Crippen LogP contribution in [0, 0.1) is 5.92 Å². The maximum atomic E-state index is 11.9. The van der Waals surface area contributed by atoms with Gasteiger partial charge in [0.1, 0.15) is 6.54 Å². The van der Waals surface area contributed by atoms with E-state index in [0.29, 0.717) is 5.92 Å². The number of amides is 1. The lowest BCUT2D eigenvalue weighted by Gasteiger charge is -2.31. The van der Waals surface area contributed by atoms with Crippen molar-refractivity contribution in [1.82, 2.24) is 4.90 Å². The fourth-order valence-electron chi connectivity index (χ4n) is 2.59. The van der Waals surface area contributed by atoms with E-state index >= 15 is 0 Å². The van der Waals surface area contributed by atoms with Crippen LogP contribution in [0.3, 0.4) is 0 Å². The molecule has 4 N–H and O–H groups in total. The lowest BCUT2D eigenvalue weighted by molar-refractivity contribution is -0.130. The Balaban J connectivity index is 0.00000220. The topological polar surface area (TPSA) is 84.7 Å². The van der Waals surface area contributed by atoms with Crippen LogP contribution < -0.4 is 11.5 Å². The molecule has 1 heterocycles. The average Bonchev–Trinajstić information content (AvgIpc) is 2.46. The van der Waals surface area contributed by atoms with Crippen molar-refractivity contribution in [2.45, 2.75) is 19.3 Å². The van der Waals surface area contributed by atoms with Crippen molar-refractivity contribution >= 4 is 35.8 Å². The normalized spacial score (nSPS) is 15.1. The highest BCUT2D eigenvalue weighted by molar-refractivity contribution is 14.0. The van der Waals surface area contributed by atoms with Crippen LogP contribution >= 0.6 is 24.0 Å². The van der Waals surface area contributed by atoms with E-state index in [0.717, 1.165) is 32.4 Å². The highest BCUT2D eigenvalue weighted by atomic mass is 127. The number of likely N-dealkylation sites (tertiary alicyclic amines) is 1. The van der Waals surface area contributed by atoms with Gasteiger partial charge in [0.25, 0.3) is 0 Å². The van der Waals surface area contributed by atoms with Crippen molar-refractivity contribution in [2.75, 3.05) is 19.6 Å². The first kappa shape index (κ1) is 17.7. The predicted octanol–water partition coefficient (Wildman–Crippen LogP) is 1.36. The summed E-state index contributed by atoms with van der Waals surface area (Å²) >= 11 is 0. The molecule has 1 amide bonds. The molecule has 0 aromatic heterocycles. The molecular formula is C15H23IN4O. The summed E-state index contributed by atoms with van der Waals surface area (Å²) < 4.78 is 0. The monoisotopic (exact) mass is 402 g/mol. The van der Waals surface area contributed by atoms with E-state index in [2.05, 4.69) is 29.3 Å². The molecule has 0 aliphatic carbocycles. The second-order valence-corrected chi connectivity index (χ2v) is 5.25. The summed E-state index contributed by atoms with van der Waals surface area (Å²) in [7, 11) is 0. The van der Waals surface area contributed by atoms with Crippen LogP contribution in [-0.4, -0.2) is 36.4 Å². The van der Waals surface area contributed by atoms with Crippen molar-refractivity contribution in [3.8, 4) is 0 Å². The number of nitrogens with zero attached hydrogens (tertiary/aromatic N) is 2. The predicted molar refractivity (Wildman–Crippen MR) is 95.5 cm³/mol. The van der Waals surface area contributed by atoms with Gasteiger partial charge in [0.15, 0.2) is 5.96 Å². The van der Waals surface area contributed by atoms with Gasteiger partial charge in [-0.3, -0.25) is 4.79 Å². The zero-order valence-electron chi connectivity index (χ0n) is 12.1. The lowest BCUT2D eigenvalue weighted by atomic mass is 9.90. The Kier molecular flexibility index (Phi) is 7.49. The number of hydrogen-bond acceptors (Lipinski definition) is 2. The maximum absolute atomic E-state index is 11.9. The summed E-state index contributed by atoms with van der Waals surface area (Å²) in [5.74, 6) is 0.637. The number of nitrogens with two attached hydrogens (primary N) is 2. The van der Waals surface area contributed by atoms with Gasteiger partial charge in [0, 0.05) is 13.1 Å². The number of piperidine rings is 1. The van der Waals surface area contributed by atoms with E-state index < -0.39 is 0 Å². The molecule has 1 aliphatic heterocycles. The zero-order chi connectivity index (χ0) is 14.4. The van der Waals surface area contributed by atoms with Gasteiger partial charge >= 0.3 is 0 Å². The Hall–Kier alpha value is -1.31. The first-order chi connectivity index (χ1) is 9.65. The van der Waals surface area contributed by atoms with E-state index in [-0.39, 0.29) is 42.4 Å². The molecule has 0 atom stereocenters. The zero-order valence-corrected chi connectivity index (χ0v) is 14.4. The summed E-state index contributed by atoms with van der Waals surface area (Å²) in [6, 6.07) is 10.5. The number of carbonyl (C=O) groups is 1. The third-order valence-corrected chi connectivity index (χ3v) is 3.73. The smallest absolute Gasteiger partial charge is 0.244 e. The van der Waals surface area contributed by atoms with Crippen LogP contribution in [0.5, 0.6) is 0 Å². The minimum atomic E-state index is -0.0303. The molecule has 0 bridgehead atoms. The minimum Gasteiger partial charge on any atom is -0.370 e. The molecule has 0 radical (unpaired) electrons. The van der Waals surface area contributed by atoms with Crippen LogP contribution in [0.1, 0.15) is 18.4 Å². The van der Waals surface area contributed by atoms with Crippen LogP contribution in [0.4, 0.5) is 0 Å². The van der Waals surface area contributed by atoms with Gasteiger partial charge < -0.3 is 16.4 Å². The highest BCUT2D eigenvalue weighted by Gasteiger charge is 2.22. The molecule has 2 rings (SSSR count). The SMILES string of the molecule is I.NC(N)=NCC(=O)N1CCC(Cc2ccccc2)CC1. The molecule has 0 saturated carbocycles. The first-order valence-corrected chi connectivity index (χ1v) is 7.02. The summed E-state index contributed by atoms with van der Waals surface area (Å²) in [5, 5.41) is 0. The van der Waals surface area contributed by atoms with Crippen molar-refractivity contribution < 1.29 is 4.79 Å². The third kappa shape index (κ3) is 5.91. The molecule has 0 spiro atoms. The van der Waals surface area contributed by atoms with Crippen LogP contribution in [0.15, 0.2) is 35.3 Å². The van der Waals surface area contributed by atoms with Gasteiger partial charge in [-0.15, -0.1) is 24.0 Å². The van der Waals surface area contributed by atoms with E-state index in [1.165, 1.54) is 5.56 Å². The second-order valence-electron chi connectivity index (χ2n) is 5.25. The van der Waals surface area contributed by atoms with E-state index in [9.17, 15) is 4.79 Å². The Morgan fingerprint density at radius 3 is 2.38 bits per heavy atom. The van der Waals surface area contributed by atoms with Crippen LogP contribution in [0.2, 0.25) is 0 Å². The van der Waals surface area contributed by atoms with E-state index in [1.807, 2.05) is 11.0 Å². The lowest BCUT2D eigenvalue weighted by Crippen LogP contribution is -2.40. The number of hydrogen-bond donors (Lipinski definition) is 2. The molecule has 1 aromatic rings. The number of rotatable bonds is 4. The van der Waals surface area contributed by atoms with Crippen molar-refractivity contribution in [2.24, 2.45) is 22.4 Å². The van der Waals surface area contributed by atoms with Gasteiger partial charge in [-0.25, -0.2) is 4.99 Å². The highest BCUT2D eigenvalue weighted by Crippen LogP contribution is 2.21. The molecule has 5 nitrogen and oxygen atoms in total. The fraction of sp³-hybridized carbons (Fsp3) is 0.467. The molecule has 1 fully saturated rings. The molecule has 6 heteroatoms. The quantitative estimate of drug-likeness (QED) is 0.453. The molecule has 0 unspecified atom stereocenters. The van der Waals surface area contributed by atoms with Crippen molar-refractivity contribution in [1.29, 1.82) is 0 Å². The minimum absolute atomic E-state index is 0. The Morgan fingerprint density at radius 1 is 1.19 bits per heavy atom. The number of halogens is 1. The van der Waals surface area contributed by atoms with Gasteiger partial charge in [-0.05, 0) is 30.7 Å². The summed E-state index contributed by atoms with van der Waals surface area (Å²) in [6.07, 6.45) is 3.18. The Bertz CT molecular complexity index is 466. The van der Waals surface area contributed by atoms with Crippen LogP contribution in [-0.2, 0) is 11.2 Å². The second kappa shape index (κ2) is 8.86. The third-order valence-electron chi connectivity index (χ3n) is 3.73. The summed E-state index contributed by atoms with van der Waals surface area (Å²) in [6.45, 7) is 1.67. The van der Waals surface area contributed by atoms with Gasteiger partial charge in [-0.2, -0.15) is 0 Å². The Morgan fingerprint density at radius 2 is 1.81 bits per heavy atom. The molecule has 1 aliphatic rings. The Labute approximate surface area is 142 Å². The molecule has 21 heavy (non-hydrogen) atoms. The number of guanidine groups is 1.